The summed E-state index contributed by atoms with van der Waals surface area (Å²) in [5.74, 6) is -1.41. The third kappa shape index (κ3) is 1.99. The van der Waals surface area contributed by atoms with Gasteiger partial charge in [-0.25, -0.2) is 9.69 Å². The van der Waals surface area contributed by atoms with Crippen molar-refractivity contribution in [3.05, 3.63) is 29.2 Å². The van der Waals surface area contributed by atoms with Crippen molar-refractivity contribution in [2.75, 3.05) is 11.5 Å². The van der Waals surface area contributed by atoms with Crippen LogP contribution in [-0.2, 0) is 14.3 Å². The fourth-order valence-electron chi connectivity index (χ4n) is 1.44. The Balaban J connectivity index is 2.34. The summed E-state index contributed by atoms with van der Waals surface area (Å²) in [6, 6.07) is 1.54. The van der Waals surface area contributed by atoms with Gasteiger partial charge in [0.05, 0.1) is 12.2 Å². The average Bonchev–Trinajstić information content (AvgIpc) is 2.86. The monoisotopic (exact) mass is 251 g/mol. The molecule has 0 saturated heterocycles. The molecule has 0 spiro atoms. The molecule has 2 rings (SSSR count). The van der Waals surface area contributed by atoms with Crippen molar-refractivity contribution >= 4 is 34.1 Å². The molecule has 88 valence electrons. The van der Waals surface area contributed by atoms with Crippen molar-refractivity contribution in [2.24, 2.45) is 0 Å². The number of esters is 1. The van der Waals surface area contributed by atoms with Gasteiger partial charge in [-0.1, -0.05) is 0 Å². The lowest BCUT2D eigenvalue weighted by Crippen LogP contribution is -2.30. The highest BCUT2D eigenvalue weighted by molar-refractivity contribution is 7.15. The molecule has 0 saturated carbocycles. The fourth-order valence-corrected chi connectivity index (χ4v) is 2.34. The number of carbonyl (C=O) groups is 3. The summed E-state index contributed by atoms with van der Waals surface area (Å²) >= 11 is 1.15. The standard InChI is InChI=1S/C11H9NO4S/c1-2-16-11(15)7-5-6-17-10(7)12-8(13)3-4-9(12)14/h3-6H,2H2,1H3. The van der Waals surface area contributed by atoms with Gasteiger partial charge in [0.25, 0.3) is 11.8 Å². The van der Waals surface area contributed by atoms with Crippen molar-refractivity contribution in [2.45, 2.75) is 6.92 Å². The number of ether oxygens (including phenoxy) is 1. The van der Waals surface area contributed by atoms with Gasteiger partial charge < -0.3 is 4.74 Å². The van der Waals surface area contributed by atoms with Crippen LogP contribution in [0.15, 0.2) is 23.6 Å². The first kappa shape index (κ1) is 11.5. The molecule has 0 atom stereocenters. The van der Waals surface area contributed by atoms with E-state index in [1.54, 1.807) is 12.3 Å². The molecule has 1 aliphatic heterocycles. The zero-order valence-corrected chi connectivity index (χ0v) is 9.82. The highest BCUT2D eigenvalue weighted by Gasteiger charge is 2.30. The molecule has 2 amide bonds. The average molecular weight is 251 g/mol. The third-order valence-electron chi connectivity index (χ3n) is 2.15. The summed E-state index contributed by atoms with van der Waals surface area (Å²) in [5, 5.41) is 1.95. The largest absolute Gasteiger partial charge is 0.462 e. The summed E-state index contributed by atoms with van der Waals surface area (Å²) in [7, 11) is 0. The first-order chi connectivity index (χ1) is 8.15. The van der Waals surface area contributed by atoms with Crippen LogP contribution in [0.2, 0.25) is 0 Å². The van der Waals surface area contributed by atoms with E-state index < -0.39 is 17.8 Å². The Kier molecular flexibility index (Phi) is 3.06. The minimum absolute atomic E-state index is 0.238. The number of thiophene rings is 1. The number of anilines is 1. The predicted molar refractivity (Wildman–Crippen MR) is 61.9 cm³/mol. The van der Waals surface area contributed by atoms with Crippen molar-refractivity contribution in [1.29, 1.82) is 0 Å². The molecule has 2 heterocycles. The van der Waals surface area contributed by atoms with Crippen LogP contribution in [0.4, 0.5) is 5.00 Å². The molecule has 0 radical (unpaired) electrons. The Hall–Kier alpha value is -1.95. The van der Waals surface area contributed by atoms with Crippen LogP contribution in [0.3, 0.4) is 0 Å². The molecule has 0 aliphatic carbocycles. The molecule has 1 aliphatic rings. The number of amides is 2. The summed E-state index contributed by atoms with van der Waals surface area (Å²) in [6.45, 7) is 1.94. The molecule has 0 bridgehead atoms. The van der Waals surface area contributed by atoms with E-state index in [1.165, 1.54) is 18.2 Å². The predicted octanol–water partition coefficient (Wildman–Crippen LogP) is 1.35. The second-order valence-corrected chi connectivity index (χ2v) is 4.10. The molecule has 0 aromatic carbocycles. The zero-order chi connectivity index (χ0) is 12.4. The summed E-state index contributed by atoms with van der Waals surface area (Å²) in [4.78, 5) is 35.6. The van der Waals surface area contributed by atoms with Gasteiger partial charge in [-0.3, -0.25) is 9.59 Å². The molecule has 5 nitrogen and oxygen atoms in total. The summed E-state index contributed by atoms with van der Waals surface area (Å²) in [5.41, 5.74) is 0.238. The van der Waals surface area contributed by atoms with Crippen molar-refractivity contribution in [3.8, 4) is 0 Å². The molecule has 6 heteroatoms. The fraction of sp³-hybridized carbons (Fsp3) is 0.182. The van der Waals surface area contributed by atoms with Crippen LogP contribution >= 0.6 is 11.3 Å². The molecule has 0 N–H and O–H groups in total. The van der Waals surface area contributed by atoms with Crippen molar-refractivity contribution in [1.82, 2.24) is 0 Å². The second kappa shape index (κ2) is 4.50. The van der Waals surface area contributed by atoms with Crippen LogP contribution < -0.4 is 4.90 Å². The number of hydrogen-bond donors (Lipinski definition) is 0. The quantitative estimate of drug-likeness (QED) is 0.601. The van der Waals surface area contributed by atoms with Gasteiger partial charge in [-0.05, 0) is 18.4 Å². The summed E-state index contributed by atoms with van der Waals surface area (Å²) in [6.07, 6.45) is 2.36. The van der Waals surface area contributed by atoms with Gasteiger partial charge in [0, 0.05) is 12.2 Å². The Morgan fingerprint density at radius 3 is 2.59 bits per heavy atom. The van der Waals surface area contributed by atoms with E-state index in [4.69, 9.17) is 4.74 Å². The molecule has 1 aromatic heterocycles. The molecule has 1 aromatic rings. The number of nitrogens with zero attached hydrogens (tertiary/aromatic N) is 1. The highest BCUT2D eigenvalue weighted by atomic mass is 32.1. The van der Waals surface area contributed by atoms with E-state index in [9.17, 15) is 14.4 Å². The smallest absolute Gasteiger partial charge is 0.341 e. The normalized spacial score (nSPS) is 14.5. The first-order valence-electron chi connectivity index (χ1n) is 4.96. The molecule has 0 unspecified atom stereocenters. The number of rotatable bonds is 3. The van der Waals surface area contributed by atoms with Gasteiger partial charge in [-0.15, -0.1) is 11.3 Å². The molecule has 17 heavy (non-hydrogen) atoms. The van der Waals surface area contributed by atoms with E-state index in [2.05, 4.69) is 0 Å². The van der Waals surface area contributed by atoms with Crippen LogP contribution in [0, 0.1) is 0 Å². The van der Waals surface area contributed by atoms with E-state index in [-0.39, 0.29) is 12.2 Å². The van der Waals surface area contributed by atoms with Crippen LogP contribution in [0.1, 0.15) is 17.3 Å². The Morgan fingerprint density at radius 1 is 1.35 bits per heavy atom. The highest BCUT2D eigenvalue weighted by Crippen LogP contribution is 2.30. The Labute approximate surface area is 101 Å². The van der Waals surface area contributed by atoms with Crippen LogP contribution in [0.25, 0.3) is 0 Å². The topological polar surface area (TPSA) is 63.7 Å². The van der Waals surface area contributed by atoms with Gasteiger partial charge in [0.15, 0.2) is 0 Å². The summed E-state index contributed by atoms with van der Waals surface area (Å²) < 4.78 is 4.86. The second-order valence-electron chi connectivity index (χ2n) is 3.21. The van der Waals surface area contributed by atoms with Crippen molar-refractivity contribution in [3.63, 3.8) is 0 Å². The number of imide groups is 1. The minimum Gasteiger partial charge on any atom is -0.462 e. The lowest BCUT2D eigenvalue weighted by Gasteiger charge is -2.13. The maximum absolute atomic E-state index is 11.6. The van der Waals surface area contributed by atoms with E-state index in [0.717, 1.165) is 16.2 Å². The van der Waals surface area contributed by atoms with Crippen molar-refractivity contribution < 1.29 is 19.1 Å². The molecule has 0 fully saturated rings. The van der Waals surface area contributed by atoms with Crippen LogP contribution in [0.5, 0.6) is 0 Å². The van der Waals surface area contributed by atoms with Gasteiger partial charge in [-0.2, -0.15) is 0 Å². The van der Waals surface area contributed by atoms with Gasteiger partial charge >= 0.3 is 5.97 Å². The van der Waals surface area contributed by atoms with E-state index in [0.29, 0.717) is 5.00 Å². The maximum Gasteiger partial charge on any atom is 0.341 e. The maximum atomic E-state index is 11.6. The number of hydrogen-bond acceptors (Lipinski definition) is 5. The number of carbonyl (C=O) groups excluding carboxylic acids is 3. The Bertz CT molecular complexity index is 499. The molecular weight excluding hydrogens is 242 g/mol. The van der Waals surface area contributed by atoms with Crippen LogP contribution in [-0.4, -0.2) is 24.4 Å². The zero-order valence-electron chi connectivity index (χ0n) is 9.00. The molecular formula is C11H9NO4S. The van der Waals surface area contributed by atoms with E-state index >= 15 is 0 Å². The lowest BCUT2D eigenvalue weighted by atomic mass is 10.3. The van der Waals surface area contributed by atoms with E-state index in [1.807, 2.05) is 0 Å². The SMILES string of the molecule is CCOC(=O)c1ccsc1N1C(=O)C=CC1=O. The van der Waals surface area contributed by atoms with Gasteiger partial charge in [0.1, 0.15) is 5.00 Å². The Morgan fingerprint density at radius 2 is 2.00 bits per heavy atom. The lowest BCUT2D eigenvalue weighted by molar-refractivity contribution is -0.119. The first-order valence-corrected chi connectivity index (χ1v) is 5.84. The minimum atomic E-state index is -0.531. The van der Waals surface area contributed by atoms with Gasteiger partial charge in [0.2, 0.25) is 0 Å². The third-order valence-corrected chi connectivity index (χ3v) is 3.05.